The van der Waals surface area contributed by atoms with Crippen LogP contribution < -0.4 is 5.32 Å². The number of hydrogen-bond donors (Lipinski definition) is 1. The van der Waals surface area contributed by atoms with E-state index in [0.29, 0.717) is 16.3 Å². The van der Waals surface area contributed by atoms with Gasteiger partial charge in [0.05, 0.1) is 10.5 Å². The molecule has 0 aliphatic heterocycles. The Balaban J connectivity index is 1.87. The van der Waals surface area contributed by atoms with Crippen molar-refractivity contribution in [1.29, 1.82) is 5.26 Å². The molecule has 0 aliphatic carbocycles. The number of nitrogens with one attached hydrogen (secondary N) is 1. The van der Waals surface area contributed by atoms with Gasteiger partial charge in [-0.3, -0.25) is 14.9 Å². The molecule has 0 saturated heterocycles. The first-order valence-corrected chi connectivity index (χ1v) is 8.79. The summed E-state index contributed by atoms with van der Waals surface area (Å²) in [6.45, 7) is 1.75. The molecular weight excluding hydrogens is 394 g/mol. The number of halogens is 1. The average molecular weight is 408 g/mol. The summed E-state index contributed by atoms with van der Waals surface area (Å²) in [5.74, 6) is -0.155. The Morgan fingerprint density at radius 2 is 2.03 bits per heavy atom. The summed E-state index contributed by atoms with van der Waals surface area (Å²) in [5.41, 5.74) is 1.22. The first-order valence-electron chi connectivity index (χ1n) is 8.41. The lowest BCUT2D eigenvalue weighted by Gasteiger charge is -2.04. The van der Waals surface area contributed by atoms with Crippen molar-refractivity contribution in [2.45, 2.75) is 6.92 Å². The number of nitro groups is 1. The molecule has 0 atom stereocenters. The molecular formula is C21H14ClN3O4. The van der Waals surface area contributed by atoms with Crippen LogP contribution in [0.5, 0.6) is 0 Å². The second-order valence-electron chi connectivity index (χ2n) is 6.11. The van der Waals surface area contributed by atoms with Crippen LogP contribution in [0, 0.1) is 28.4 Å². The smallest absolute Gasteiger partial charge is 0.280 e. The van der Waals surface area contributed by atoms with E-state index in [4.69, 9.17) is 16.0 Å². The van der Waals surface area contributed by atoms with E-state index in [1.54, 1.807) is 49.4 Å². The van der Waals surface area contributed by atoms with Crippen LogP contribution in [-0.4, -0.2) is 10.8 Å². The number of nitriles is 1. The molecule has 144 valence electrons. The minimum Gasteiger partial charge on any atom is -0.456 e. The molecule has 1 amide bonds. The predicted octanol–water partition coefficient (Wildman–Crippen LogP) is 5.36. The van der Waals surface area contributed by atoms with E-state index in [9.17, 15) is 20.2 Å². The molecule has 3 aromatic rings. The van der Waals surface area contributed by atoms with Crippen LogP contribution in [0.2, 0.25) is 5.02 Å². The zero-order valence-electron chi connectivity index (χ0n) is 15.2. The van der Waals surface area contributed by atoms with Gasteiger partial charge < -0.3 is 9.73 Å². The van der Waals surface area contributed by atoms with E-state index < -0.39 is 10.8 Å². The molecule has 0 fully saturated rings. The summed E-state index contributed by atoms with van der Waals surface area (Å²) >= 11 is 5.88. The molecule has 29 heavy (non-hydrogen) atoms. The van der Waals surface area contributed by atoms with Crippen molar-refractivity contribution in [3.63, 3.8) is 0 Å². The van der Waals surface area contributed by atoms with Crippen LogP contribution in [-0.2, 0) is 4.79 Å². The SMILES string of the molecule is Cc1ccc(-c2ccc(/C=C(\C#N)C(=O)Nc3cccc(Cl)c3)o2)c([N+](=O)[O-])c1. The summed E-state index contributed by atoms with van der Waals surface area (Å²) < 4.78 is 5.62. The van der Waals surface area contributed by atoms with Crippen LogP contribution in [0.1, 0.15) is 11.3 Å². The number of hydrogen-bond acceptors (Lipinski definition) is 5. The highest BCUT2D eigenvalue weighted by Crippen LogP contribution is 2.32. The molecule has 0 bridgehead atoms. The molecule has 0 radical (unpaired) electrons. The quantitative estimate of drug-likeness (QED) is 0.265. The van der Waals surface area contributed by atoms with Crippen molar-refractivity contribution in [1.82, 2.24) is 0 Å². The van der Waals surface area contributed by atoms with Crippen LogP contribution in [0.3, 0.4) is 0 Å². The molecule has 2 aromatic carbocycles. The van der Waals surface area contributed by atoms with Crippen molar-refractivity contribution in [3.8, 4) is 17.4 Å². The van der Waals surface area contributed by atoms with E-state index in [1.807, 2.05) is 6.07 Å². The lowest BCUT2D eigenvalue weighted by atomic mass is 10.1. The van der Waals surface area contributed by atoms with Gasteiger partial charge in [-0.1, -0.05) is 23.7 Å². The Morgan fingerprint density at radius 3 is 2.72 bits per heavy atom. The zero-order chi connectivity index (χ0) is 21.0. The number of amides is 1. The molecule has 0 saturated carbocycles. The van der Waals surface area contributed by atoms with Gasteiger partial charge in [0.25, 0.3) is 11.6 Å². The summed E-state index contributed by atoms with van der Waals surface area (Å²) in [7, 11) is 0. The highest BCUT2D eigenvalue weighted by atomic mass is 35.5. The standard InChI is InChI=1S/C21H14ClN3O4/c1-13-5-7-18(19(9-13)25(27)28)20-8-6-17(29-20)10-14(12-23)21(26)24-16-4-2-3-15(22)11-16/h2-11H,1H3,(H,24,26)/b14-10+. The van der Waals surface area contributed by atoms with Gasteiger partial charge in [-0.05, 0) is 48.9 Å². The Labute approximate surface area is 171 Å². The second kappa shape index (κ2) is 8.42. The number of rotatable bonds is 5. The number of carbonyl (C=O) groups excluding carboxylic acids is 1. The van der Waals surface area contributed by atoms with E-state index in [1.165, 1.54) is 18.2 Å². The number of nitrogens with zero attached hydrogens (tertiary/aromatic N) is 2. The summed E-state index contributed by atoms with van der Waals surface area (Å²) in [6.07, 6.45) is 1.27. The Kier molecular flexibility index (Phi) is 5.77. The Morgan fingerprint density at radius 1 is 1.24 bits per heavy atom. The Bertz CT molecular complexity index is 1170. The summed E-state index contributed by atoms with van der Waals surface area (Å²) in [4.78, 5) is 23.2. The van der Waals surface area contributed by atoms with Crippen molar-refractivity contribution in [2.24, 2.45) is 0 Å². The maximum atomic E-state index is 12.3. The minimum atomic E-state index is -0.631. The fourth-order valence-corrected chi connectivity index (χ4v) is 2.82. The molecule has 1 aromatic heterocycles. The van der Waals surface area contributed by atoms with Crippen molar-refractivity contribution in [2.75, 3.05) is 5.32 Å². The number of nitro benzene ring substituents is 1. The number of aryl methyl sites for hydroxylation is 1. The van der Waals surface area contributed by atoms with Crippen LogP contribution in [0.25, 0.3) is 17.4 Å². The van der Waals surface area contributed by atoms with Crippen molar-refractivity contribution < 1.29 is 14.1 Å². The number of furan rings is 1. The van der Waals surface area contributed by atoms with E-state index >= 15 is 0 Å². The Hall–Kier alpha value is -3.89. The third-order valence-corrected chi connectivity index (χ3v) is 4.21. The van der Waals surface area contributed by atoms with Gasteiger partial charge in [0.2, 0.25) is 0 Å². The van der Waals surface area contributed by atoms with Gasteiger partial charge >= 0.3 is 0 Å². The zero-order valence-corrected chi connectivity index (χ0v) is 15.9. The van der Waals surface area contributed by atoms with Gasteiger partial charge in [0.15, 0.2) is 0 Å². The monoisotopic (exact) mass is 407 g/mol. The fourth-order valence-electron chi connectivity index (χ4n) is 2.63. The maximum Gasteiger partial charge on any atom is 0.280 e. The van der Waals surface area contributed by atoms with Crippen LogP contribution in [0.4, 0.5) is 11.4 Å². The number of anilines is 1. The second-order valence-corrected chi connectivity index (χ2v) is 6.55. The van der Waals surface area contributed by atoms with Gasteiger partial charge in [0, 0.05) is 22.9 Å². The summed E-state index contributed by atoms with van der Waals surface area (Å²) in [6, 6.07) is 16.2. The highest BCUT2D eigenvalue weighted by molar-refractivity contribution is 6.31. The fraction of sp³-hybridized carbons (Fsp3) is 0.0476. The molecule has 0 unspecified atom stereocenters. The number of benzene rings is 2. The lowest BCUT2D eigenvalue weighted by molar-refractivity contribution is -0.384. The molecule has 1 heterocycles. The van der Waals surface area contributed by atoms with Gasteiger partial charge in [-0.25, -0.2) is 0 Å². The number of carbonyl (C=O) groups is 1. The van der Waals surface area contributed by atoms with Gasteiger partial charge in [-0.15, -0.1) is 0 Å². The molecule has 7 nitrogen and oxygen atoms in total. The first kappa shape index (κ1) is 19.9. The molecule has 3 rings (SSSR count). The van der Waals surface area contributed by atoms with Crippen LogP contribution in [0.15, 0.2) is 64.6 Å². The topological polar surface area (TPSA) is 109 Å². The third-order valence-electron chi connectivity index (χ3n) is 3.98. The lowest BCUT2D eigenvalue weighted by Crippen LogP contribution is -2.13. The third kappa shape index (κ3) is 4.69. The van der Waals surface area contributed by atoms with Crippen LogP contribution >= 0.6 is 11.6 Å². The minimum absolute atomic E-state index is 0.0888. The van der Waals surface area contributed by atoms with E-state index in [2.05, 4.69) is 5.32 Å². The molecule has 8 heteroatoms. The predicted molar refractivity (Wildman–Crippen MR) is 109 cm³/mol. The van der Waals surface area contributed by atoms with E-state index in [-0.39, 0.29) is 22.8 Å². The summed E-state index contributed by atoms with van der Waals surface area (Å²) in [5, 5.41) is 23.7. The first-order chi connectivity index (χ1) is 13.9. The highest BCUT2D eigenvalue weighted by Gasteiger charge is 2.18. The maximum absolute atomic E-state index is 12.3. The largest absolute Gasteiger partial charge is 0.456 e. The average Bonchev–Trinajstić information content (AvgIpc) is 3.14. The molecule has 0 aliphatic rings. The van der Waals surface area contributed by atoms with Crippen molar-refractivity contribution in [3.05, 3.63) is 86.6 Å². The molecule has 1 N–H and O–H groups in total. The van der Waals surface area contributed by atoms with Gasteiger partial charge in [0.1, 0.15) is 23.2 Å². The van der Waals surface area contributed by atoms with Gasteiger partial charge in [-0.2, -0.15) is 5.26 Å². The molecule has 0 spiro atoms. The van der Waals surface area contributed by atoms with E-state index in [0.717, 1.165) is 5.56 Å². The van der Waals surface area contributed by atoms with Crippen molar-refractivity contribution >= 4 is 35.0 Å². The normalized spacial score (nSPS) is 11.0.